The molecule has 36 heavy (non-hydrogen) atoms. The smallest absolute Gasteiger partial charge is 0.247 e. The van der Waals surface area contributed by atoms with Crippen LogP contribution in [0, 0.1) is 11.8 Å². The van der Waals surface area contributed by atoms with Crippen LogP contribution < -0.4 is 26.4 Å². The summed E-state index contributed by atoms with van der Waals surface area (Å²) in [5.41, 5.74) is 6.98. The van der Waals surface area contributed by atoms with Crippen LogP contribution in [0.4, 0.5) is 5.69 Å². The number of amides is 3. The Hall–Kier alpha value is -2.61. The van der Waals surface area contributed by atoms with Gasteiger partial charge in [0.1, 0.15) is 11.8 Å². The van der Waals surface area contributed by atoms with Crippen molar-refractivity contribution in [2.24, 2.45) is 17.6 Å². The maximum Gasteiger partial charge on any atom is 0.247 e. The minimum Gasteiger partial charge on any atom is -0.491 e. The number of hydrogen-bond acceptors (Lipinski definition) is 5. The lowest BCUT2D eigenvalue weighted by molar-refractivity contribution is -0.127. The molecule has 1 aromatic carbocycles. The lowest BCUT2D eigenvalue weighted by atomic mass is 9.86. The van der Waals surface area contributed by atoms with E-state index in [9.17, 15) is 14.4 Å². The van der Waals surface area contributed by atoms with E-state index < -0.39 is 17.9 Å². The molecule has 8 nitrogen and oxygen atoms in total. The van der Waals surface area contributed by atoms with Gasteiger partial charge in [-0.05, 0) is 55.2 Å². The van der Waals surface area contributed by atoms with E-state index in [1.165, 1.54) is 38.5 Å². The number of unbranched alkanes of at least 4 members (excludes halogenated alkanes) is 1. The van der Waals surface area contributed by atoms with Crippen molar-refractivity contribution in [2.45, 2.75) is 91.0 Å². The Labute approximate surface area is 216 Å². The van der Waals surface area contributed by atoms with Crippen LogP contribution in [0.5, 0.6) is 5.75 Å². The molecule has 0 spiro atoms. The van der Waals surface area contributed by atoms with E-state index in [1.807, 2.05) is 25.1 Å². The fraction of sp³-hybridized carbons (Fsp3) is 0.679. The Morgan fingerprint density at radius 1 is 1.08 bits per heavy atom. The molecule has 5 N–H and O–H groups in total. The highest BCUT2D eigenvalue weighted by atomic mass is 16.5. The minimum absolute atomic E-state index is 0.193. The van der Waals surface area contributed by atoms with Gasteiger partial charge in [-0.3, -0.25) is 14.4 Å². The molecule has 0 bridgehead atoms. The second-order valence-electron chi connectivity index (χ2n) is 10.3. The van der Waals surface area contributed by atoms with E-state index >= 15 is 0 Å². The Balaban J connectivity index is 1.96. The highest BCUT2D eigenvalue weighted by Crippen LogP contribution is 2.29. The minimum atomic E-state index is -0.732. The van der Waals surface area contributed by atoms with Gasteiger partial charge in [0.05, 0.1) is 25.4 Å². The van der Waals surface area contributed by atoms with Crippen LogP contribution in [0.15, 0.2) is 18.2 Å². The molecule has 2 rings (SSSR count). The fourth-order valence-corrected chi connectivity index (χ4v) is 4.66. The zero-order chi connectivity index (χ0) is 26.3. The Bertz CT molecular complexity index is 837. The lowest BCUT2D eigenvalue weighted by Crippen LogP contribution is -2.47. The van der Waals surface area contributed by atoms with E-state index in [2.05, 4.69) is 29.8 Å². The van der Waals surface area contributed by atoms with Crippen LogP contribution in [0.1, 0.15) is 84.1 Å². The third kappa shape index (κ3) is 11.0. The number of nitrogens with two attached hydrogens (primary N) is 1. The summed E-state index contributed by atoms with van der Waals surface area (Å²) >= 11 is 0. The molecule has 1 fully saturated rings. The van der Waals surface area contributed by atoms with Crippen molar-refractivity contribution in [1.82, 2.24) is 10.6 Å². The largest absolute Gasteiger partial charge is 0.491 e. The Morgan fingerprint density at radius 2 is 1.83 bits per heavy atom. The zero-order valence-electron chi connectivity index (χ0n) is 22.4. The first-order valence-electron chi connectivity index (χ1n) is 13.6. The van der Waals surface area contributed by atoms with Crippen LogP contribution in [0.25, 0.3) is 0 Å². The topological polar surface area (TPSA) is 123 Å². The molecule has 0 saturated heterocycles. The van der Waals surface area contributed by atoms with Crippen LogP contribution in [-0.4, -0.2) is 43.5 Å². The standard InChI is InChI=1S/C28H46N4O4/c1-4-23(31-27(34)19-30-26(33)18-29)28(35)32-24-17-22(16-20(2)3)13-14-25(24)36-15-9-8-12-21-10-6-5-7-11-21/h13-14,17,20-21,23H,4-12,15-16,18-19,29H2,1-3H3,(H,30,33)(H,31,34)(H,32,35). The lowest BCUT2D eigenvalue weighted by Gasteiger charge is -2.21. The summed E-state index contributed by atoms with van der Waals surface area (Å²) in [6.45, 7) is 6.32. The summed E-state index contributed by atoms with van der Waals surface area (Å²) in [4.78, 5) is 36.5. The van der Waals surface area contributed by atoms with Crippen LogP contribution in [0.3, 0.4) is 0 Å². The monoisotopic (exact) mass is 502 g/mol. The number of anilines is 1. The summed E-state index contributed by atoms with van der Waals surface area (Å²) in [5, 5.41) is 8.05. The van der Waals surface area contributed by atoms with Crippen molar-refractivity contribution >= 4 is 23.4 Å². The van der Waals surface area contributed by atoms with E-state index in [0.29, 0.717) is 30.4 Å². The predicted octanol–water partition coefficient (Wildman–Crippen LogP) is 3.92. The molecular weight excluding hydrogens is 456 g/mol. The predicted molar refractivity (Wildman–Crippen MR) is 144 cm³/mol. The van der Waals surface area contributed by atoms with Gasteiger partial charge >= 0.3 is 0 Å². The SMILES string of the molecule is CCC(NC(=O)CNC(=O)CN)C(=O)Nc1cc(CC(C)C)ccc1OCCCCC1CCCCC1. The molecule has 1 saturated carbocycles. The third-order valence-corrected chi connectivity index (χ3v) is 6.63. The van der Waals surface area contributed by atoms with Crippen molar-refractivity contribution in [3.63, 3.8) is 0 Å². The quantitative estimate of drug-likeness (QED) is 0.271. The number of rotatable bonds is 15. The molecule has 1 aliphatic carbocycles. The average Bonchev–Trinajstić information content (AvgIpc) is 2.86. The van der Waals surface area contributed by atoms with Crippen LogP contribution in [0.2, 0.25) is 0 Å². The molecule has 1 aliphatic rings. The highest BCUT2D eigenvalue weighted by Gasteiger charge is 2.21. The van der Waals surface area contributed by atoms with Crippen molar-refractivity contribution in [1.29, 1.82) is 0 Å². The van der Waals surface area contributed by atoms with E-state index in [1.54, 1.807) is 0 Å². The third-order valence-electron chi connectivity index (χ3n) is 6.63. The molecule has 0 aliphatic heterocycles. The summed E-state index contributed by atoms with van der Waals surface area (Å²) in [6.07, 6.45) is 11.6. The van der Waals surface area contributed by atoms with Crippen molar-refractivity contribution in [2.75, 3.05) is 25.0 Å². The van der Waals surface area contributed by atoms with E-state index in [-0.39, 0.29) is 19.0 Å². The second kappa shape index (κ2) is 16.2. The van der Waals surface area contributed by atoms with Gasteiger partial charge in [0.2, 0.25) is 17.7 Å². The van der Waals surface area contributed by atoms with Crippen LogP contribution in [-0.2, 0) is 20.8 Å². The number of carbonyl (C=O) groups is 3. The number of ether oxygens (including phenoxy) is 1. The summed E-state index contributed by atoms with van der Waals surface area (Å²) in [6, 6.07) is 5.21. The number of benzene rings is 1. The summed E-state index contributed by atoms with van der Waals surface area (Å²) < 4.78 is 6.10. The molecule has 0 heterocycles. The zero-order valence-corrected chi connectivity index (χ0v) is 22.4. The molecule has 8 heteroatoms. The highest BCUT2D eigenvalue weighted by molar-refractivity contribution is 5.98. The van der Waals surface area contributed by atoms with E-state index in [0.717, 1.165) is 30.7 Å². The molecule has 1 aromatic rings. The molecule has 0 aromatic heterocycles. The molecular formula is C28H46N4O4. The van der Waals surface area contributed by atoms with Gasteiger partial charge in [-0.2, -0.15) is 0 Å². The molecule has 3 amide bonds. The van der Waals surface area contributed by atoms with Crippen molar-refractivity contribution in [3.05, 3.63) is 23.8 Å². The van der Waals surface area contributed by atoms with E-state index in [4.69, 9.17) is 10.5 Å². The Kier molecular flexibility index (Phi) is 13.3. The van der Waals surface area contributed by atoms with Crippen LogP contribution >= 0.6 is 0 Å². The number of hydrogen-bond donors (Lipinski definition) is 4. The maximum atomic E-state index is 13.0. The fourth-order valence-electron chi connectivity index (χ4n) is 4.66. The van der Waals surface area contributed by atoms with Crippen molar-refractivity contribution < 1.29 is 19.1 Å². The van der Waals surface area contributed by atoms with Gasteiger partial charge in [0.25, 0.3) is 0 Å². The summed E-state index contributed by atoms with van der Waals surface area (Å²) in [5.74, 6) is 0.803. The number of nitrogens with one attached hydrogen (secondary N) is 3. The first kappa shape index (κ1) is 29.6. The molecule has 1 atom stereocenters. The normalized spacial score (nSPS) is 14.8. The first-order chi connectivity index (χ1) is 17.3. The Morgan fingerprint density at radius 3 is 2.50 bits per heavy atom. The summed E-state index contributed by atoms with van der Waals surface area (Å²) in [7, 11) is 0. The van der Waals surface area contributed by atoms with Gasteiger partial charge in [0, 0.05) is 0 Å². The maximum absolute atomic E-state index is 13.0. The van der Waals surface area contributed by atoms with Gasteiger partial charge in [-0.15, -0.1) is 0 Å². The average molecular weight is 503 g/mol. The first-order valence-corrected chi connectivity index (χ1v) is 13.6. The van der Waals surface area contributed by atoms with Gasteiger partial charge in [-0.1, -0.05) is 65.4 Å². The molecule has 0 radical (unpaired) electrons. The molecule has 1 unspecified atom stereocenters. The van der Waals surface area contributed by atoms with Gasteiger partial charge < -0.3 is 26.4 Å². The van der Waals surface area contributed by atoms with Crippen molar-refractivity contribution in [3.8, 4) is 5.75 Å². The molecule has 202 valence electrons. The number of carbonyl (C=O) groups excluding carboxylic acids is 3. The van der Waals surface area contributed by atoms with Gasteiger partial charge in [0.15, 0.2) is 0 Å². The van der Waals surface area contributed by atoms with Gasteiger partial charge in [-0.25, -0.2) is 0 Å². The second-order valence-corrected chi connectivity index (χ2v) is 10.3.